The molecule has 1 aromatic heterocycles. The quantitative estimate of drug-likeness (QED) is 0.801. The van der Waals surface area contributed by atoms with Crippen LogP contribution < -0.4 is 4.74 Å². The number of sulfonamides is 1. The number of hydrogen-bond donors (Lipinski definition) is 0. The maximum absolute atomic E-state index is 12.7. The molecular weight excluding hydrogens is 354 g/mol. The van der Waals surface area contributed by atoms with E-state index in [1.807, 2.05) is 30.3 Å². The number of piperidine rings is 1. The minimum Gasteiger partial charge on any atom is -0.493 e. The van der Waals surface area contributed by atoms with Crippen molar-refractivity contribution in [3.63, 3.8) is 0 Å². The van der Waals surface area contributed by atoms with Crippen molar-refractivity contribution in [3.8, 4) is 5.75 Å². The van der Waals surface area contributed by atoms with Crippen LogP contribution in [-0.4, -0.2) is 32.4 Å². The van der Waals surface area contributed by atoms with E-state index in [2.05, 4.69) is 0 Å². The van der Waals surface area contributed by atoms with E-state index in [0.717, 1.165) is 29.9 Å². The molecule has 1 aliphatic heterocycles. The van der Waals surface area contributed by atoms with Crippen LogP contribution >= 0.6 is 22.9 Å². The number of nitrogens with zero attached hydrogens (tertiary/aromatic N) is 1. The summed E-state index contributed by atoms with van der Waals surface area (Å²) in [4.78, 5) is 0. The maximum Gasteiger partial charge on any atom is 0.252 e. The molecule has 1 fully saturated rings. The van der Waals surface area contributed by atoms with Gasteiger partial charge in [0.1, 0.15) is 9.96 Å². The zero-order chi connectivity index (χ0) is 16.3. The summed E-state index contributed by atoms with van der Waals surface area (Å²) in [5.74, 6) is 1.02. The van der Waals surface area contributed by atoms with Crippen molar-refractivity contribution in [2.45, 2.75) is 17.1 Å². The number of hydrogen-bond acceptors (Lipinski definition) is 4. The second-order valence-electron chi connectivity index (χ2n) is 5.55. The summed E-state index contributed by atoms with van der Waals surface area (Å²) in [7, 11) is -3.45. The molecule has 0 spiro atoms. The molecule has 0 bridgehead atoms. The maximum atomic E-state index is 12.7. The van der Waals surface area contributed by atoms with E-state index < -0.39 is 10.0 Å². The summed E-state index contributed by atoms with van der Waals surface area (Å²) < 4.78 is 33.4. The molecule has 1 atom stereocenters. The first kappa shape index (κ1) is 16.8. The zero-order valence-corrected chi connectivity index (χ0v) is 14.9. The lowest BCUT2D eigenvalue weighted by Gasteiger charge is -2.31. The highest BCUT2D eigenvalue weighted by molar-refractivity contribution is 7.91. The van der Waals surface area contributed by atoms with Gasteiger partial charge in [0, 0.05) is 19.0 Å². The van der Waals surface area contributed by atoms with Crippen molar-refractivity contribution in [1.29, 1.82) is 0 Å². The first-order valence-corrected chi connectivity index (χ1v) is 10.1. The molecule has 1 aromatic carbocycles. The average Bonchev–Trinajstić information content (AvgIpc) is 3.01. The molecule has 0 saturated carbocycles. The largest absolute Gasteiger partial charge is 0.493 e. The molecule has 2 heterocycles. The van der Waals surface area contributed by atoms with Gasteiger partial charge in [0.05, 0.1) is 10.9 Å². The predicted octanol–water partition coefficient (Wildman–Crippen LogP) is 3.88. The third-order valence-electron chi connectivity index (χ3n) is 3.85. The minimum atomic E-state index is -3.45. The second kappa shape index (κ2) is 7.21. The van der Waals surface area contributed by atoms with Crippen LogP contribution in [0, 0.1) is 5.92 Å². The minimum absolute atomic E-state index is 0.203. The van der Waals surface area contributed by atoms with Gasteiger partial charge >= 0.3 is 0 Å². The van der Waals surface area contributed by atoms with Crippen LogP contribution in [0.2, 0.25) is 4.34 Å². The first-order chi connectivity index (χ1) is 11.1. The fourth-order valence-corrected chi connectivity index (χ4v) is 5.87. The molecule has 4 nitrogen and oxygen atoms in total. The Morgan fingerprint density at radius 2 is 2.00 bits per heavy atom. The summed E-state index contributed by atoms with van der Waals surface area (Å²) in [6.07, 6.45) is 1.82. The summed E-state index contributed by atoms with van der Waals surface area (Å²) in [5.41, 5.74) is 0. The summed E-state index contributed by atoms with van der Waals surface area (Å²) in [5, 5.41) is 0. The van der Waals surface area contributed by atoms with Crippen LogP contribution in [0.15, 0.2) is 46.7 Å². The highest BCUT2D eigenvalue weighted by Crippen LogP contribution is 2.30. The third-order valence-corrected chi connectivity index (χ3v) is 7.42. The molecule has 0 N–H and O–H groups in total. The number of thiophene rings is 1. The highest BCUT2D eigenvalue weighted by Gasteiger charge is 2.31. The molecule has 23 heavy (non-hydrogen) atoms. The van der Waals surface area contributed by atoms with Crippen molar-refractivity contribution in [2.24, 2.45) is 5.92 Å². The van der Waals surface area contributed by atoms with Crippen LogP contribution in [-0.2, 0) is 10.0 Å². The Bertz CT molecular complexity index is 746. The van der Waals surface area contributed by atoms with E-state index in [1.54, 1.807) is 16.4 Å². The van der Waals surface area contributed by atoms with Gasteiger partial charge < -0.3 is 4.74 Å². The molecule has 1 aliphatic rings. The molecular formula is C16H18ClNO3S2. The van der Waals surface area contributed by atoms with Gasteiger partial charge in [0.2, 0.25) is 0 Å². The number of ether oxygens (including phenoxy) is 1. The van der Waals surface area contributed by atoms with E-state index in [-0.39, 0.29) is 5.92 Å². The Labute approximate surface area is 145 Å². The average molecular weight is 372 g/mol. The monoisotopic (exact) mass is 371 g/mol. The number of halogens is 1. The van der Waals surface area contributed by atoms with Gasteiger partial charge in [-0.3, -0.25) is 0 Å². The van der Waals surface area contributed by atoms with Crippen LogP contribution in [0.3, 0.4) is 0 Å². The van der Waals surface area contributed by atoms with Crippen LogP contribution in [0.4, 0.5) is 0 Å². The lowest BCUT2D eigenvalue weighted by Crippen LogP contribution is -2.41. The van der Waals surface area contributed by atoms with Gasteiger partial charge in [-0.05, 0) is 37.1 Å². The Morgan fingerprint density at radius 3 is 2.70 bits per heavy atom. The fourth-order valence-electron chi connectivity index (χ4n) is 2.68. The standard InChI is InChI=1S/C16H18ClNO3S2/c17-15-8-9-16(22-15)23(19,20)18-10-4-5-13(11-18)12-21-14-6-2-1-3-7-14/h1-3,6-9,13H,4-5,10-12H2. The van der Waals surface area contributed by atoms with Crippen molar-refractivity contribution >= 4 is 33.0 Å². The molecule has 3 rings (SSSR count). The van der Waals surface area contributed by atoms with Gasteiger partial charge in [0.15, 0.2) is 0 Å². The Kier molecular flexibility index (Phi) is 5.26. The van der Waals surface area contributed by atoms with Crippen LogP contribution in [0.1, 0.15) is 12.8 Å². The molecule has 2 aromatic rings. The van der Waals surface area contributed by atoms with Crippen LogP contribution in [0.5, 0.6) is 5.75 Å². The molecule has 1 unspecified atom stereocenters. The summed E-state index contributed by atoms with van der Waals surface area (Å²) >= 11 is 6.97. The van der Waals surface area contributed by atoms with Crippen molar-refractivity contribution < 1.29 is 13.2 Å². The zero-order valence-electron chi connectivity index (χ0n) is 12.5. The van der Waals surface area contributed by atoms with E-state index in [0.29, 0.717) is 28.2 Å². The predicted molar refractivity (Wildman–Crippen MR) is 92.7 cm³/mol. The second-order valence-corrected chi connectivity index (χ2v) is 9.43. The van der Waals surface area contributed by atoms with E-state index in [4.69, 9.17) is 16.3 Å². The van der Waals surface area contributed by atoms with Gasteiger partial charge in [0.25, 0.3) is 10.0 Å². The van der Waals surface area contributed by atoms with Gasteiger partial charge in [-0.15, -0.1) is 11.3 Å². The Morgan fingerprint density at radius 1 is 1.22 bits per heavy atom. The van der Waals surface area contributed by atoms with Crippen molar-refractivity contribution in [1.82, 2.24) is 4.31 Å². The molecule has 0 radical (unpaired) electrons. The molecule has 7 heteroatoms. The van der Waals surface area contributed by atoms with Crippen molar-refractivity contribution in [2.75, 3.05) is 19.7 Å². The molecule has 0 amide bonds. The number of rotatable bonds is 5. The van der Waals surface area contributed by atoms with E-state index in [9.17, 15) is 8.42 Å². The number of para-hydroxylation sites is 1. The Hall–Kier alpha value is -1.08. The third kappa shape index (κ3) is 4.07. The van der Waals surface area contributed by atoms with Gasteiger partial charge in [-0.2, -0.15) is 4.31 Å². The van der Waals surface area contributed by atoms with E-state index in [1.165, 1.54) is 0 Å². The normalized spacial score (nSPS) is 19.6. The fraction of sp³-hybridized carbons (Fsp3) is 0.375. The summed E-state index contributed by atoms with van der Waals surface area (Å²) in [6, 6.07) is 12.8. The lowest BCUT2D eigenvalue weighted by molar-refractivity contribution is 0.180. The van der Waals surface area contributed by atoms with Crippen LogP contribution in [0.25, 0.3) is 0 Å². The van der Waals surface area contributed by atoms with Crippen molar-refractivity contribution in [3.05, 3.63) is 46.8 Å². The highest BCUT2D eigenvalue weighted by atomic mass is 35.5. The molecule has 1 saturated heterocycles. The van der Waals surface area contributed by atoms with Gasteiger partial charge in [-0.25, -0.2) is 8.42 Å². The van der Waals surface area contributed by atoms with Gasteiger partial charge in [-0.1, -0.05) is 29.8 Å². The first-order valence-electron chi connectivity index (χ1n) is 7.49. The van der Waals surface area contributed by atoms with E-state index >= 15 is 0 Å². The number of benzene rings is 1. The Balaban J connectivity index is 1.64. The topological polar surface area (TPSA) is 46.6 Å². The molecule has 124 valence electrons. The smallest absolute Gasteiger partial charge is 0.252 e. The molecule has 0 aliphatic carbocycles. The lowest BCUT2D eigenvalue weighted by atomic mass is 10.0. The SMILES string of the molecule is O=S(=O)(c1ccc(Cl)s1)N1CCCC(COc2ccccc2)C1. The summed E-state index contributed by atoms with van der Waals surface area (Å²) in [6.45, 7) is 1.58.